The van der Waals surface area contributed by atoms with Crippen molar-refractivity contribution in [3.8, 4) is 5.75 Å². The standard InChI is InChI=1S/C15H14F4N2O7/c1-26-12(22)6-11(13(23)27-2)20-8-3-9(21(24)25)5-10(4-8)28-7-15(18,19)14(16)17/h3-6,14,20H,7H2,1-2H3/b11-6+. The van der Waals surface area contributed by atoms with E-state index >= 15 is 0 Å². The first-order valence-corrected chi connectivity index (χ1v) is 7.23. The minimum absolute atomic E-state index is 0.245. The lowest BCUT2D eigenvalue weighted by molar-refractivity contribution is -0.384. The first kappa shape index (κ1) is 22.7. The van der Waals surface area contributed by atoms with Crippen molar-refractivity contribution in [1.29, 1.82) is 0 Å². The number of ether oxygens (including phenoxy) is 3. The Kier molecular flexibility index (Phi) is 7.71. The number of methoxy groups -OCH3 is 2. The Hall–Kier alpha value is -3.38. The fraction of sp³-hybridized carbons (Fsp3) is 0.333. The SMILES string of the molecule is COC(=O)/C=C(/Nc1cc(OCC(F)(F)C(F)F)cc([N+](=O)[O-])c1)C(=O)OC. The molecule has 0 aliphatic carbocycles. The molecule has 1 aromatic carbocycles. The summed E-state index contributed by atoms with van der Waals surface area (Å²) in [5.74, 6) is -7.06. The molecule has 0 radical (unpaired) electrons. The van der Waals surface area contributed by atoms with Gasteiger partial charge < -0.3 is 19.5 Å². The minimum atomic E-state index is -4.49. The highest BCUT2D eigenvalue weighted by Crippen LogP contribution is 2.29. The van der Waals surface area contributed by atoms with Crippen LogP contribution in [0.4, 0.5) is 28.9 Å². The van der Waals surface area contributed by atoms with Crippen LogP contribution in [0.25, 0.3) is 0 Å². The molecule has 1 aromatic rings. The molecule has 0 amide bonds. The van der Waals surface area contributed by atoms with Crippen molar-refractivity contribution in [3.05, 3.63) is 40.1 Å². The summed E-state index contributed by atoms with van der Waals surface area (Å²) in [7, 11) is 2.01. The summed E-state index contributed by atoms with van der Waals surface area (Å²) < 4.78 is 63.7. The van der Waals surface area contributed by atoms with Gasteiger partial charge in [-0.15, -0.1) is 0 Å². The lowest BCUT2D eigenvalue weighted by Crippen LogP contribution is -2.33. The number of rotatable bonds is 9. The van der Waals surface area contributed by atoms with E-state index in [0.29, 0.717) is 12.1 Å². The number of carbonyl (C=O) groups excluding carboxylic acids is 2. The van der Waals surface area contributed by atoms with Gasteiger partial charge in [0.15, 0.2) is 6.61 Å². The molecular weight excluding hydrogens is 396 g/mol. The summed E-state index contributed by atoms with van der Waals surface area (Å²) in [5.41, 5.74) is -1.41. The van der Waals surface area contributed by atoms with E-state index in [1.54, 1.807) is 0 Å². The van der Waals surface area contributed by atoms with Crippen LogP contribution in [0.15, 0.2) is 30.0 Å². The Morgan fingerprint density at radius 1 is 1.25 bits per heavy atom. The van der Waals surface area contributed by atoms with Gasteiger partial charge in [0.1, 0.15) is 11.4 Å². The fourth-order valence-corrected chi connectivity index (χ4v) is 1.68. The van der Waals surface area contributed by atoms with Gasteiger partial charge in [0, 0.05) is 17.8 Å². The van der Waals surface area contributed by atoms with Crippen LogP contribution in [0.3, 0.4) is 0 Å². The molecule has 154 valence electrons. The third-order valence-electron chi connectivity index (χ3n) is 3.00. The average Bonchev–Trinajstić information content (AvgIpc) is 2.64. The van der Waals surface area contributed by atoms with Crippen molar-refractivity contribution < 1.29 is 46.3 Å². The maximum Gasteiger partial charge on any atom is 0.354 e. The molecule has 0 bridgehead atoms. The minimum Gasteiger partial charge on any atom is -0.487 e. The van der Waals surface area contributed by atoms with Crippen LogP contribution >= 0.6 is 0 Å². The smallest absolute Gasteiger partial charge is 0.354 e. The molecule has 9 nitrogen and oxygen atoms in total. The van der Waals surface area contributed by atoms with E-state index in [9.17, 15) is 37.3 Å². The van der Waals surface area contributed by atoms with E-state index < -0.39 is 53.0 Å². The summed E-state index contributed by atoms with van der Waals surface area (Å²) in [4.78, 5) is 33.1. The van der Waals surface area contributed by atoms with E-state index in [0.717, 1.165) is 26.4 Å². The second-order valence-electron chi connectivity index (χ2n) is 5.02. The number of nitrogens with one attached hydrogen (secondary N) is 1. The number of hydrogen-bond donors (Lipinski definition) is 1. The maximum absolute atomic E-state index is 13.0. The number of nitro groups is 1. The third-order valence-corrected chi connectivity index (χ3v) is 3.00. The van der Waals surface area contributed by atoms with E-state index in [1.165, 1.54) is 0 Å². The number of hydrogen-bond acceptors (Lipinski definition) is 8. The molecule has 0 fully saturated rings. The van der Waals surface area contributed by atoms with Crippen LogP contribution in [-0.4, -0.2) is 50.0 Å². The predicted octanol–water partition coefficient (Wildman–Crippen LogP) is 2.52. The molecule has 0 heterocycles. The lowest BCUT2D eigenvalue weighted by Gasteiger charge is -2.16. The van der Waals surface area contributed by atoms with Gasteiger partial charge in [0.25, 0.3) is 5.69 Å². The zero-order chi connectivity index (χ0) is 21.5. The lowest BCUT2D eigenvalue weighted by atomic mass is 10.2. The zero-order valence-corrected chi connectivity index (χ0v) is 14.4. The van der Waals surface area contributed by atoms with Crippen LogP contribution in [0.5, 0.6) is 5.75 Å². The second kappa shape index (κ2) is 9.53. The van der Waals surface area contributed by atoms with Crippen LogP contribution < -0.4 is 10.1 Å². The van der Waals surface area contributed by atoms with E-state index in [2.05, 4.69) is 19.5 Å². The van der Waals surface area contributed by atoms with Gasteiger partial charge in [-0.1, -0.05) is 0 Å². The van der Waals surface area contributed by atoms with Crippen LogP contribution in [0.1, 0.15) is 0 Å². The molecule has 0 aliphatic rings. The molecule has 0 unspecified atom stereocenters. The normalized spacial score (nSPS) is 11.8. The molecule has 0 aliphatic heterocycles. The van der Waals surface area contributed by atoms with Gasteiger partial charge >= 0.3 is 24.3 Å². The van der Waals surface area contributed by atoms with E-state index in [1.807, 2.05) is 0 Å². The number of alkyl halides is 4. The summed E-state index contributed by atoms with van der Waals surface area (Å²) in [6.07, 6.45) is -3.33. The van der Waals surface area contributed by atoms with Gasteiger partial charge in [0.2, 0.25) is 0 Å². The fourth-order valence-electron chi connectivity index (χ4n) is 1.68. The first-order chi connectivity index (χ1) is 13.0. The molecule has 0 spiro atoms. The first-order valence-electron chi connectivity index (χ1n) is 7.23. The summed E-state index contributed by atoms with van der Waals surface area (Å²) in [6, 6.07) is 2.52. The Morgan fingerprint density at radius 2 is 1.89 bits per heavy atom. The van der Waals surface area contributed by atoms with Gasteiger partial charge in [-0.25, -0.2) is 18.4 Å². The molecule has 1 N–H and O–H groups in total. The third kappa shape index (κ3) is 6.41. The summed E-state index contributed by atoms with van der Waals surface area (Å²) in [5, 5.41) is 13.3. The Balaban J connectivity index is 3.21. The highest BCUT2D eigenvalue weighted by Gasteiger charge is 2.41. The highest BCUT2D eigenvalue weighted by atomic mass is 19.3. The average molecular weight is 410 g/mol. The number of non-ortho nitro benzene ring substituents is 1. The van der Waals surface area contributed by atoms with Crippen molar-refractivity contribution in [2.45, 2.75) is 12.3 Å². The molecular formula is C15H14F4N2O7. The Morgan fingerprint density at radius 3 is 2.39 bits per heavy atom. The molecule has 0 aromatic heterocycles. The van der Waals surface area contributed by atoms with Crippen LogP contribution in [-0.2, 0) is 19.1 Å². The predicted molar refractivity (Wildman–Crippen MR) is 85.3 cm³/mol. The largest absolute Gasteiger partial charge is 0.487 e. The number of nitrogens with zero attached hydrogens (tertiary/aromatic N) is 1. The Bertz CT molecular complexity index is 784. The summed E-state index contributed by atoms with van der Waals surface area (Å²) >= 11 is 0. The van der Waals surface area contributed by atoms with Gasteiger partial charge in [-0.2, -0.15) is 8.78 Å². The monoisotopic (exact) mass is 410 g/mol. The van der Waals surface area contributed by atoms with Crippen molar-refractivity contribution in [3.63, 3.8) is 0 Å². The second-order valence-corrected chi connectivity index (χ2v) is 5.02. The zero-order valence-electron chi connectivity index (χ0n) is 14.4. The quantitative estimate of drug-likeness (QED) is 0.217. The molecule has 13 heteroatoms. The van der Waals surface area contributed by atoms with Gasteiger partial charge in [0.05, 0.1) is 31.3 Å². The van der Waals surface area contributed by atoms with E-state index in [4.69, 9.17) is 0 Å². The van der Waals surface area contributed by atoms with Gasteiger partial charge in [-0.05, 0) is 0 Å². The van der Waals surface area contributed by atoms with Crippen molar-refractivity contribution in [2.24, 2.45) is 0 Å². The molecule has 28 heavy (non-hydrogen) atoms. The topological polar surface area (TPSA) is 117 Å². The van der Waals surface area contributed by atoms with Crippen molar-refractivity contribution in [2.75, 3.05) is 26.1 Å². The van der Waals surface area contributed by atoms with Crippen LogP contribution in [0, 0.1) is 10.1 Å². The molecule has 0 saturated carbocycles. The van der Waals surface area contributed by atoms with Crippen LogP contribution in [0.2, 0.25) is 0 Å². The number of anilines is 1. The maximum atomic E-state index is 13.0. The van der Waals surface area contributed by atoms with Gasteiger partial charge in [-0.3, -0.25) is 10.1 Å². The number of halogens is 4. The molecule has 1 rings (SSSR count). The van der Waals surface area contributed by atoms with Crippen molar-refractivity contribution in [1.82, 2.24) is 0 Å². The van der Waals surface area contributed by atoms with Crippen molar-refractivity contribution >= 4 is 23.3 Å². The Labute approximate surface area is 155 Å². The molecule has 0 atom stereocenters. The molecule has 0 saturated heterocycles. The number of carbonyl (C=O) groups is 2. The highest BCUT2D eigenvalue weighted by molar-refractivity contribution is 5.98. The van der Waals surface area contributed by atoms with E-state index in [-0.39, 0.29) is 5.69 Å². The summed E-state index contributed by atoms with van der Waals surface area (Å²) in [6.45, 7) is -1.74. The number of nitro benzene ring substituents is 1. The number of benzene rings is 1. The number of esters is 2.